The van der Waals surface area contributed by atoms with Gasteiger partial charge in [-0.2, -0.15) is 0 Å². The first-order chi connectivity index (χ1) is 15.0. The predicted octanol–water partition coefficient (Wildman–Crippen LogP) is 2.00. The monoisotopic (exact) mass is 433 g/mol. The van der Waals surface area contributed by atoms with E-state index in [9.17, 15) is 14.4 Å². The van der Waals surface area contributed by atoms with Crippen molar-refractivity contribution in [3.8, 4) is 0 Å². The molecule has 0 bridgehead atoms. The van der Waals surface area contributed by atoms with Gasteiger partial charge < -0.3 is 20.6 Å². The minimum atomic E-state index is -0.548. The Morgan fingerprint density at radius 3 is 2.45 bits per heavy atom. The Labute approximate surface area is 186 Å². The van der Waals surface area contributed by atoms with Crippen molar-refractivity contribution < 1.29 is 19.5 Å². The van der Waals surface area contributed by atoms with Gasteiger partial charge in [0.2, 0.25) is 17.7 Å². The molecule has 3 N–H and O–H groups in total. The zero-order valence-corrected chi connectivity index (χ0v) is 19.0. The lowest BCUT2D eigenvalue weighted by atomic mass is 9.70. The largest absolute Gasteiger partial charge is 0.396 e. The fourth-order valence-electron chi connectivity index (χ4n) is 5.68. The lowest BCUT2D eigenvalue weighted by molar-refractivity contribution is -0.140. The van der Waals surface area contributed by atoms with Gasteiger partial charge in [0.1, 0.15) is 6.04 Å². The van der Waals surface area contributed by atoms with Crippen molar-refractivity contribution in [3.63, 3.8) is 0 Å². The minimum absolute atomic E-state index is 0.0447. The number of carbonyl (C=O) groups excluding carboxylic acids is 3. The summed E-state index contributed by atoms with van der Waals surface area (Å²) >= 11 is 0. The lowest BCUT2D eigenvalue weighted by Crippen LogP contribution is -2.50. The van der Waals surface area contributed by atoms with E-state index in [2.05, 4.69) is 10.6 Å². The summed E-state index contributed by atoms with van der Waals surface area (Å²) in [6.45, 7) is 2.66. The molecule has 0 spiro atoms. The van der Waals surface area contributed by atoms with Crippen molar-refractivity contribution in [3.05, 3.63) is 12.2 Å². The molecule has 1 heterocycles. The van der Waals surface area contributed by atoms with E-state index in [1.54, 1.807) is 11.9 Å². The van der Waals surface area contributed by atoms with E-state index < -0.39 is 17.9 Å². The average molecular weight is 434 g/mol. The Morgan fingerprint density at radius 2 is 1.77 bits per heavy atom. The number of nitrogens with one attached hydrogen (secondary N) is 2. The van der Waals surface area contributed by atoms with Crippen molar-refractivity contribution >= 4 is 17.7 Å². The van der Waals surface area contributed by atoms with Gasteiger partial charge in [0.25, 0.3) is 0 Å². The van der Waals surface area contributed by atoms with Crippen LogP contribution in [0.4, 0.5) is 0 Å². The van der Waals surface area contributed by atoms with Gasteiger partial charge in [-0.1, -0.05) is 51.2 Å². The number of aliphatic hydroxyl groups excluding tert-OH is 1. The van der Waals surface area contributed by atoms with E-state index in [0.717, 1.165) is 51.4 Å². The molecule has 7 heteroatoms. The third kappa shape index (κ3) is 5.30. The van der Waals surface area contributed by atoms with E-state index >= 15 is 0 Å². The van der Waals surface area contributed by atoms with Gasteiger partial charge in [-0.3, -0.25) is 14.4 Å². The van der Waals surface area contributed by atoms with Gasteiger partial charge in [0.05, 0.1) is 11.8 Å². The summed E-state index contributed by atoms with van der Waals surface area (Å²) < 4.78 is 0. The van der Waals surface area contributed by atoms with Crippen LogP contribution in [0.3, 0.4) is 0 Å². The summed E-state index contributed by atoms with van der Waals surface area (Å²) in [5.74, 6) is -1.52. The Balaban J connectivity index is 1.80. The Kier molecular flexibility index (Phi) is 8.52. The van der Waals surface area contributed by atoms with Crippen LogP contribution in [0, 0.1) is 23.7 Å². The molecule has 2 aliphatic carbocycles. The summed E-state index contributed by atoms with van der Waals surface area (Å²) in [6.07, 6.45) is 12.8. The predicted molar refractivity (Wildman–Crippen MR) is 119 cm³/mol. The van der Waals surface area contributed by atoms with E-state index in [0.29, 0.717) is 6.54 Å². The highest BCUT2D eigenvalue weighted by Crippen LogP contribution is 2.44. The summed E-state index contributed by atoms with van der Waals surface area (Å²) in [5.41, 5.74) is 0. The number of hydrogen-bond acceptors (Lipinski definition) is 4. The second-order valence-corrected chi connectivity index (χ2v) is 9.44. The lowest BCUT2D eigenvalue weighted by Gasteiger charge is -2.33. The van der Waals surface area contributed by atoms with Crippen LogP contribution < -0.4 is 10.6 Å². The molecule has 0 radical (unpaired) electrons. The average Bonchev–Trinajstić information content (AvgIpc) is 3.05. The maximum absolute atomic E-state index is 13.5. The first-order valence-corrected chi connectivity index (χ1v) is 12.1. The zero-order valence-electron chi connectivity index (χ0n) is 19.0. The summed E-state index contributed by atoms with van der Waals surface area (Å²) in [5, 5.41) is 14.9. The number of unbranched alkanes of at least 4 members (excludes halogenated alkanes) is 3. The van der Waals surface area contributed by atoms with Gasteiger partial charge in [-0.15, -0.1) is 0 Å². The van der Waals surface area contributed by atoms with Gasteiger partial charge in [0, 0.05) is 32.2 Å². The number of nitrogens with zero attached hydrogens (tertiary/aromatic N) is 1. The van der Waals surface area contributed by atoms with Crippen LogP contribution in [0.15, 0.2) is 12.2 Å². The van der Waals surface area contributed by atoms with Crippen LogP contribution in [0.1, 0.15) is 64.7 Å². The molecular formula is C24H39N3O4. The number of amides is 3. The molecule has 0 unspecified atom stereocenters. The van der Waals surface area contributed by atoms with Crippen LogP contribution >= 0.6 is 0 Å². The summed E-state index contributed by atoms with van der Waals surface area (Å²) in [7, 11) is 1.61. The zero-order chi connectivity index (χ0) is 22.4. The molecule has 0 aromatic heterocycles. The maximum Gasteiger partial charge on any atom is 0.243 e. The number of carbonyl (C=O) groups is 3. The topological polar surface area (TPSA) is 98.7 Å². The van der Waals surface area contributed by atoms with Crippen LogP contribution in [-0.2, 0) is 14.4 Å². The number of likely N-dealkylation sites (tertiary alicyclic amines) is 1. The smallest absolute Gasteiger partial charge is 0.243 e. The molecule has 5 atom stereocenters. The van der Waals surface area contributed by atoms with Crippen LogP contribution in [0.2, 0.25) is 0 Å². The summed E-state index contributed by atoms with van der Waals surface area (Å²) in [4.78, 5) is 41.3. The van der Waals surface area contributed by atoms with E-state index in [1.165, 1.54) is 6.42 Å². The SMILES string of the molecule is CNC(=O)[C@H]1[C@@H]2C(=O)N(CCCCCCO)[C@H](C(=O)NC3CCCCC3)[C@H]2C=C[C@H]1C. The van der Waals surface area contributed by atoms with E-state index in [1.807, 2.05) is 19.1 Å². The molecule has 7 nitrogen and oxygen atoms in total. The number of allylic oxidation sites excluding steroid dienone is 1. The molecule has 3 rings (SSSR count). The normalized spacial score (nSPS) is 30.9. The van der Waals surface area contributed by atoms with Gasteiger partial charge in [-0.25, -0.2) is 0 Å². The molecule has 1 saturated carbocycles. The fourth-order valence-corrected chi connectivity index (χ4v) is 5.68. The molecule has 31 heavy (non-hydrogen) atoms. The number of rotatable bonds is 9. The van der Waals surface area contributed by atoms with Crippen LogP contribution in [0.5, 0.6) is 0 Å². The maximum atomic E-state index is 13.5. The van der Waals surface area contributed by atoms with Gasteiger partial charge in [-0.05, 0) is 31.6 Å². The van der Waals surface area contributed by atoms with Crippen LogP contribution in [0.25, 0.3) is 0 Å². The van der Waals surface area contributed by atoms with Crippen molar-refractivity contribution in [2.75, 3.05) is 20.2 Å². The molecular weight excluding hydrogens is 394 g/mol. The number of fused-ring (bicyclic) bond motifs is 1. The molecule has 1 saturated heterocycles. The number of hydrogen-bond donors (Lipinski definition) is 3. The fraction of sp³-hybridized carbons (Fsp3) is 0.792. The molecule has 174 valence electrons. The van der Waals surface area contributed by atoms with Crippen molar-refractivity contribution in [1.82, 2.24) is 15.5 Å². The third-order valence-corrected chi connectivity index (χ3v) is 7.35. The molecule has 0 aromatic carbocycles. The number of aliphatic hydroxyl groups is 1. The van der Waals surface area contributed by atoms with Gasteiger partial charge in [0.15, 0.2) is 0 Å². The highest BCUT2D eigenvalue weighted by molar-refractivity contribution is 5.96. The quantitative estimate of drug-likeness (QED) is 0.383. The van der Waals surface area contributed by atoms with Crippen molar-refractivity contribution in [2.24, 2.45) is 23.7 Å². The standard InChI is InChI=1S/C24H39N3O4/c1-16-12-13-18-20(19(16)22(29)25-2)24(31)27(14-8-3-4-9-15-28)21(18)23(30)26-17-10-6-5-7-11-17/h12-13,16-21,28H,3-11,14-15H2,1-2H3,(H,25,29)(H,26,30)/t16-,18+,19-,20-,21+/m1/s1. The highest BCUT2D eigenvalue weighted by Gasteiger charge is 2.56. The highest BCUT2D eigenvalue weighted by atomic mass is 16.3. The van der Waals surface area contributed by atoms with Gasteiger partial charge >= 0.3 is 0 Å². The minimum Gasteiger partial charge on any atom is -0.396 e. The van der Waals surface area contributed by atoms with Crippen molar-refractivity contribution in [2.45, 2.75) is 76.8 Å². The molecule has 3 aliphatic rings. The Morgan fingerprint density at radius 1 is 1.06 bits per heavy atom. The molecule has 0 aromatic rings. The van der Waals surface area contributed by atoms with Crippen LogP contribution in [-0.4, -0.2) is 60.0 Å². The van der Waals surface area contributed by atoms with Crippen molar-refractivity contribution in [1.29, 1.82) is 0 Å². The first kappa shape index (κ1) is 23.8. The Hall–Kier alpha value is -1.89. The summed E-state index contributed by atoms with van der Waals surface area (Å²) in [6, 6.07) is -0.365. The van der Waals surface area contributed by atoms with E-state index in [-0.39, 0.29) is 42.2 Å². The molecule has 1 aliphatic heterocycles. The second kappa shape index (κ2) is 11.1. The first-order valence-electron chi connectivity index (χ1n) is 12.1. The third-order valence-electron chi connectivity index (χ3n) is 7.35. The second-order valence-electron chi connectivity index (χ2n) is 9.44. The molecule has 3 amide bonds. The van der Waals surface area contributed by atoms with E-state index in [4.69, 9.17) is 5.11 Å². The molecule has 2 fully saturated rings. The Bertz CT molecular complexity index is 674.